The molecule has 1 aliphatic rings. The fourth-order valence-electron chi connectivity index (χ4n) is 3.80. The van der Waals surface area contributed by atoms with Gasteiger partial charge in [-0.2, -0.15) is 0 Å². The lowest BCUT2D eigenvalue weighted by molar-refractivity contribution is -0.241. The van der Waals surface area contributed by atoms with Crippen molar-refractivity contribution in [1.29, 1.82) is 0 Å². The van der Waals surface area contributed by atoms with Gasteiger partial charge in [0.25, 0.3) is 0 Å². The van der Waals surface area contributed by atoms with E-state index in [1.807, 2.05) is 53.2 Å². The highest BCUT2D eigenvalue weighted by Crippen LogP contribution is 2.33. The van der Waals surface area contributed by atoms with E-state index in [4.69, 9.17) is 10.5 Å². The maximum absolute atomic E-state index is 10.5. The molecule has 2 heterocycles. The first-order valence-corrected chi connectivity index (χ1v) is 9.12. The Kier molecular flexibility index (Phi) is 4.99. The average molecular weight is 368 g/mol. The zero-order chi connectivity index (χ0) is 19.0. The minimum atomic E-state index is -1.32. The van der Waals surface area contributed by atoms with Crippen LogP contribution in [0.25, 0.3) is 10.9 Å². The fraction of sp³-hybridized carbons (Fsp3) is 0.333. The Hall–Kier alpha value is -2.22. The van der Waals surface area contributed by atoms with Gasteiger partial charge in [-0.1, -0.05) is 48.5 Å². The highest BCUT2D eigenvalue weighted by atomic mass is 16.5. The lowest BCUT2D eigenvalue weighted by atomic mass is 9.98. The Morgan fingerprint density at radius 2 is 1.59 bits per heavy atom. The number of ether oxygens (including phenoxy) is 1. The van der Waals surface area contributed by atoms with Gasteiger partial charge < -0.3 is 30.4 Å². The van der Waals surface area contributed by atoms with Crippen LogP contribution in [0.5, 0.6) is 0 Å². The Morgan fingerprint density at radius 3 is 2.33 bits per heavy atom. The van der Waals surface area contributed by atoms with Crippen molar-refractivity contribution in [2.24, 2.45) is 5.73 Å². The van der Waals surface area contributed by atoms with E-state index >= 15 is 0 Å². The van der Waals surface area contributed by atoms with E-state index in [1.54, 1.807) is 0 Å². The van der Waals surface area contributed by atoms with Crippen LogP contribution < -0.4 is 5.73 Å². The van der Waals surface area contributed by atoms with Gasteiger partial charge >= 0.3 is 0 Å². The molecule has 142 valence electrons. The van der Waals surface area contributed by atoms with E-state index in [1.165, 1.54) is 5.56 Å². The molecule has 5 N–H and O–H groups in total. The minimum absolute atomic E-state index is 0.0531. The van der Waals surface area contributed by atoms with Crippen LogP contribution in [0.15, 0.2) is 60.8 Å². The summed E-state index contributed by atoms with van der Waals surface area (Å²) >= 11 is 0. The van der Waals surface area contributed by atoms with Crippen LogP contribution in [0, 0.1) is 0 Å². The number of benzene rings is 2. The van der Waals surface area contributed by atoms with Crippen LogP contribution in [0.4, 0.5) is 0 Å². The largest absolute Gasteiger partial charge is 0.388 e. The van der Waals surface area contributed by atoms with Crippen molar-refractivity contribution in [2.45, 2.75) is 37.1 Å². The number of aliphatic hydroxyl groups excluding tert-OH is 3. The molecule has 1 aliphatic heterocycles. The van der Waals surface area contributed by atoms with E-state index < -0.39 is 30.6 Å². The first kappa shape index (κ1) is 18.2. The Bertz CT molecular complexity index is 909. The van der Waals surface area contributed by atoms with Crippen molar-refractivity contribution in [3.63, 3.8) is 0 Å². The molecule has 5 atom stereocenters. The van der Waals surface area contributed by atoms with Crippen molar-refractivity contribution >= 4 is 10.9 Å². The molecular weight excluding hydrogens is 344 g/mol. The number of fused-ring (bicyclic) bond motifs is 1. The average Bonchev–Trinajstić information content (AvgIpc) is 3.06. The molecule has 0 bridgehead atoms. The van der Waals surface area contributed by atoms with Crippen molar-refractivity contribution < 1.29 is 20.1 Å². The lowest BCUT2D eigenvalue weighted by Crippen LogP contribution is -2.57. The van der Waals surface area contributed by atoms with Crippen LogP contribution in [0.1, 0.15) is 17.4 Å². The van der Waals surface area contributed by atoms with E-state index in [2.05, 4.69) is 12.1 Å². The number of hydrogen-bond donors (Lipinski definition) is 4. The maximum atomic E-state index is 10.5. The molecule has 0 radical (unpaired) electrons. The number of rotatable bonds is 4. The Balaban J connectivity index is 1.76. The summed E-state index contributed by atoms with van der Waals surface area (Å²) in [4.78, 5) is 0. The van der Waals surface area contributed by atoms with Crippen LogP contribution in [0.3, 0.4) is 0 Å². The SMILES string of the molecule is NC[C@H]1O[C@@H](n2cc(Cc3ccccc3)c3ccccc32)[C@H](O)[C@@H](O)[C@@H]1O. The summed E-state index contributed by atoms with van der Waals surface area (Å²) in [6, 6.07) is 18.0. The van der Waals surface area contributed by atoms with Crippen molar-refractivity contribution in [3.8, 4) is 0 Å². The number of aliphatic hydroxyl groups is 3. The zero-order valence-electron chi connectivity index (χ0n) is 14.8. The molecule has 6 nitrogen and oxygen atoms in total. The van der Waals surface area contributed by atoms with Crippen LogP contribution >= 0.6 is 0 Å². The Morgan fingerprint density at radius 1 is 0.889 bits per heavy atom. The van der Waals surface area contributed by atoms with Crippen molar-refractivity contribution in [1.82, 2.24) is 4.57 Å². The summed E-state index contributed by atoms with van der Waals surface area (Å²) in [7, 11) is 0. The number of para-hydroxylation sites is 1. The zero-order valence-corrected chi connectivity index (χ0v) is 14.8. The number of hydrogen-bond acceptors (Lipinski definition) is 5. The van der Waals surface area contributed by atoms with Gasteiger partial charge in [0.15, 0.2) is 6.23 Å². The summed E-state index contributed by atoms with van der Waals surface area (Å²) in [6.07, 6.45) is -2.68. The molecule has 3 aromatic rings. The predicted octanol–water partition coefficient (Wildman–Crippen LogP) is 1.17. The summed E-state index contributed by atoms with van der Waals surface area (Å²) in [5, 5.41) is 31.9. The molecule has 0 aliphatic carbocycles. The quantitative estimate of drug-likeness (QED) is 0.554. The van der Waals surface area contributed by atoms with Crippen LogP contribution in [0.2, 0.25) is 0 Å². The van der Waals surface area contributed by atoms with E-state index in [0.29, 0.717) is 0 Å². The lowest BCUT2D eigenvalue weighted by Gasteiger charge is -2.41. The number of nitrogens with zero attached hydrogens (tertiary/aromatic N) is 1. The molecule has 0 amide bonds. The maximum Gasteiger partial charge on any atom is 0.163 e. The third kappa shape index (κ3) is 3.26. The molecule has 1 saturated heterocycles. The predicted molar refractivity (Wildman–Crippen MR) is 102 cm³/mol. The van der Waals surface area contributed by atoms with Gasteiger partial charge in [-0.3, -0.25) is 0 Å². The highest BCUT2D eigenvalue weighted by molar-refractivity contribution is 5.84. The first-order chi connectivity index (χ1) is 13.1. The summed E-state index contributed by atoms with van der Waals surface area (Å²) in [6.45, 7) is 0.0531. The van der Waals surface area contributed by atoms with Crippen LogP contribution in [-0.2, 0) is 11.2 Å². The normalized spacial score (nSPS) is 28.5. The highest BCUT2D eigenvalue weighted by Gasteiger charge is 2.44. The second-order valence-electron chi connectivity index (χ2n) is 7.01. The van der Waals surface area contributed by atoms with Crippen molar-refractivity contribution in [3.05, 3.63) is 71.9 Å². The molecule has 1 aromatic heterocycles. The van der Waals surface area contributed by atoms with E-state index in [-0.39, 0.29) is 6.54 Å². The second-order valence-corrected chi connectivity index (χ2v) is 7.01. The Labute approximate surface area is 157 Å². The monoisotopic (exact) mass is 368 g/mol. The van der Waals surface area contributed by atoms with Gasteiger partial charge in [-0.15, -0.1) is 0 Å². The number of aromatic nitrogens is 1. The van der Waals surface area contributed by atoms with E-state index in [9.17, 15) is 15.3 Å². The molecule has 0 spiro atoms. The van der Waals surface area contributed by atoms with Crippen molar-refractivity contribution in [2.75, 3.05) is 6.54 Å². The topological polar surface area (TPSA) is 101 Å². The standard InChI is InChI=1S/C21H24N2O4/c22-11-17-18(24)19(25)20(26)21(27-17)23-12-14(10-13-6-2-1-3-7-13)15-8-4-5-9-16(15)23/h1-9,12,17-21,24-26H,10-11,22H2/t17-,18-,19+,20-,21-/m1/s1. The molecule has 1 fully saturated rings. The second kappa shape index (κ2) is 7.42. The third-order valence-corrected chi connectivity index (χ3v) is 5.25. The first-order valence-electron chi connectivity index (χ1n) is 9.12. The fourth-order valence-corrected chi connectivity index (χ4v) is 3.80. The molecular formula is C21H24N2O4. The van der Waals surface area contributed by atoms with Gasteiger partial charge in [-0.05, 0) is 23.6 Å². The van der Waals surface area contributed by atoms with Gasteiger partial charge in [0.2, 0.25) is 0 Å². The smallest absolute Gasteiger partial charge is 0.163 e. The summed E-state index contributed by atoms with van der Waals surface area (Å²) in [5.41, 5.74) is 8.85. The molecule has 6 heteroatoms. The van der Waals surface area contributed by atoms with Crippen LogP contribution in [-0.4, -0.2) is 50.8 Å². The molecule has 27 heavy (non-hydrogen) atoms. The van der Waals surface area contributed by atoms with Gasteiger partial charge in [0, 0.05) is 18.1 Å². The van der Waals surface area contributed by atoms with Gasteiger partial charge in [0.1, 0.15) is 24.4 Å². The molecule has 4 rings (SSSR count). The minimum Gasteiger partial charge on any atom is -0.388 e. The number of nitrogens with two attached hydrogens (primary N) is 1. The molecule has 2 aromatic carbocycles. The summed E-state index contributed by atoms with van der Waals surface area (Å²) < 4.78 is 7.70. The van der Waals surface area contributed by atoms with Gasteiger partial charge in [0.05, 0.1) is 5.52 Å². The molecule has 0 unspecified atom stereocenters. The molecule has 0 saturated carbocycles. The third-order valence-electron chi connectivity index (χ3n) is 5.25. The van der Waals surface area contributed by atoms with E-state index in [0.717, 1.165) is 22.9 Å². The summed E-state index contributed by atoms with van der Waals surface area (Å²) in [5.74, 6) is 0. The van der Waals surface area contributed by atoms with Gasteiger partial charge in [-0.25, -0.2) is 0 Å².